The first-order chi connectivity index (χ1) is 9.58. The molecule has 0 bridgehead atoms. The molecule has 1 N–H and O–H groups in total. The maximum atomic E-state index is 5.91. The van der Waals surface area contributed by atoms with Crippen LogP contribution in [0.3, 0.4) is 0 Å². The van der Waals surface area contributed by atoms with Gasteiger partial charge in [0.15, 0.2) is 0 Å². The molecule has 1 fully saturated rings. The van der Waals surface area contributed by atoms with Crippen molar-refractivity contribution in [3.63, 3.8) is 0 Å². The number of halogens is 1. The number of ether oxygens (including phenoxy) is 3. The minimum Gasteiger partial charge on any atom is -0.496 e. The number of hydrogen-bond donors (Lipinski definition) is 1. The average molecular weight is 391 g/mol. The molecule has 0 amide bonds. The van der Waals surface area contributed by atoms with Crippen molar-refractivity contribution in [1.82, 2.24) is 5.32 Å². The molecule has 2 atom stereocenters. The lowest BCUT2D eigenvalue weighted by molar-refractivity contribution is 0.0159. The Hall–Kier alpha value is -0.370. The molecular formula is C15H22INO3. The lowest BCUT2D eigenvalue weighted by atomic mass is 10.0. The van der Waals surface area contributed by atoms with E-state index in [-0.39, 0.29) is 9.71 Å². The normalized spacial score (nSPS) is 24.4. The molecule has 0 aliphatic carbocycles. The van der Waals surface area contributed by atoms with Gasteiger partial charge < -0.3 is 19.5 Å². The SMILES string of the molecule is COc1ccc(CC2(I)CNCCO2)cc1C(C)OC. The van der Waals surface area contributed by atoms with E-state index in [0.717, 1.165) is 37.4 Å². The Kier molecular flexibility index (Phi) is 5.65. The van der Waals surface area contributed by atoms with Crippen LogP contribution in [0.4, 0.5) is 0 Å². The van der Waals surface area contributed by atoms with Crippen molar-refractivity contribution >= 4 is 22.6 Å². The number of alkyl halides is 1. The molecule has 1 saturated heterocycles. The molecule has 1 aromatic carbocycles. The maximum Gasteiger partial charge on any atom is 0.135 e. The van der Waals surface area contributed by atoms with E-state index in [9.17, 15) is 0 Å². The summed E-state index contributed by atoms with van der Waals surface area (Å²) in [5.74, 6) is 0.869. The number of benzene rings is 1. The van der Waals surface area contributed by atoms with Crippen molar-refractivity contribution in [2.45, 2.75) is 23.1 Å². The van der Waals surface area contributed by atoms with Gasteiger partial charge in [0.2, 0.25) is 0 Å². The Labute approximate surface area is 134 Å². The van der Waals surface area contributed by atoms with Crippen LogP contribution in [0.25, 0.3) is 0 Å². The molecule has 0 saturated carbocycles. The lowest BCUT2D eigenvalue weighted by Gasteiger charge is -2.33. The third-order valence-electron chi connectivity index (χ3n) is 3.58. The van der Waals surface area contributed by atoms with Crippen LogP contribution in [0, 0.1) is 0 Å². The maximum absolute atomic E-state index is 5.91. The highest BCUT2D eigenvalue weighted by Crippen LogP contribution is 2.32. The highest BCUT2D eigenvalue weighted by atomic mass is 127. The van der Waals surface area contributed by atoms with Crippen LogP contribution in [0.2, 0.25) is 0 Å². The Morgan fingerprint density at radius 2 is 2.25 bits per heavy atom. The summed E-state index contributed by atoms with van der Waals surface area (Å²) in [5, 5.41) is 3.38. The molecule has 20 heavy (non-hydrogen) atoms. The van der Waals surface area contributed by atoms with Gasteiger partial charge in [0.05, 0.1) is 19.8 Å². The smallest absolute Gasteiger partial charge is 0.135 e. The highest BCUT2D eigenvalue weighted by molar-refractivity contribution is 14.1. The zero-order valence-corrected chi connectivity index (χ0v) is 14.4. The van der Waals surface area contributed by atoms with Gasteiger partial charge in [-0.1, -0.05) is 6.07 Å². The van der Waals surface area contributed by atoms with Gasteiger partial charge >= 0.3 is 0 Å². The first kappa shape index (κ1) is 16.0. The summed E-state index contributed by atoms with van der Waals surface area (Å²) in [7, 11) is 3.40. The largest absolute Gasteiger partial charge is 0.496 e. The summed E-state index contributed by atoms with van der Waals surface area (Å²) >= 11 is 2.40. The standard InChI is InChI=1S/C15H22INO3/c1-11(18-2)13-8-12(4-5-14(13)19-3)9-15(16)10-17-6-7-20-15/h4-5,8,11,17H,6-7,9-10H2,1-3H3. The number of rotatable bonds is 5. The molecule has 0 aromatic heterocycles. The van der Waals surface area contributed by atoms with E-state index in [1.54, 1.807) is 14.2 Å². The first-order valence-corrected chi connectivity index (χ1v) is 7.89. The van der Waals surface area contributed by atoms with Gasteiger partial charge in [-0.3, -0.25) is 0 Å². The lowest BCUT2D eigenvalue weighted by Crippen LogP contribution is -2.46. The summed E-state index contributed by atoms with van der Waals surface area (Å²) in [6, 6.07) is 6.27. The van der Waals surface area contributed by atoms with Gasteiger partial charge in [-0.2, -0.15) is 0 Å². The molecule has 1 aliphatic rings. The monoisotopic (exact) mass is 391 g/mol. The van der Waals surface area contributed by atoms with E-state index in [2.05, 4.69) is 40.0 Å². The zero-order valence-electron chi connectivity index (χ0n) is 12.2. The summed E-state index contributed by atoms with van der Waals surface area (Å²) < 4.78 is 16.6. The topological polar surface area (TPSA) is 39.7 Å². The summed E-state index contributed by atoms with van der Waals surface area (Å²) in [6.45, 7) is 4.59. The third kappa shape index (κ3) is 3.84. The molecule has 2 unspecified atom stereocenters. The van der Waals surface area contributed by atoms with Crippen molar-refractivity contribution in [2.75, 3.05) is 33.9 Å². The average Bonchev–Trinajstić information content (AvgIpc) is 2.46. The second-order valence-corrected chi connectivity index (χ2v) is 7.01. The van der Waals surface area contributed by atoms with Crippen LogP contribution in [-0.2, 0) is 15.9 Å². The molecule has 1 aromatic rings. The van der Waals surface area contributed by atoms with E-state index < -0.39 is 0 Å². The van der Waals surface area contributed by atoms with Gasteiger partial charge in [0, 0.05) is 32.2 Å². The fraction of sp³-hybridized carbons (Fsp3) is 0.600. The van der Waals surface area contributed by atoms with Crippen LogP contribution >= 0.6 is 22.6 Å². The van der Waals surface area contributed by atoms with Gasteiger partial charge in [0.1, 0.15) is 9.36 Å². The van der Waals surface area contributed by atoms with E-state index in [0.29, 0.717) is 0 Å². The molecule has 4 nitrogen and oxygen atoms in total. The quantitative estimate of drug-likeness (QED) is 0.619. The van der Waals surface area contributed by atoms with E-state index in [1.165, 1.54) is 5.56 Å². The molecule has 1 aliphatic heterocycles. The van der Waals surface area contributed by atoms with Crippen LogP contribution in [0.1, 0.15) is 24.2 Å². The Morgan fingerprint density at radius 1 is 1.45 bits per heavy atom. The van der Waals surface area contributed by atoms with Gasteiger partial charge in [-0.15, -0.1) is 0 Å². The number of methoxy groups -OCH3 is 2. The van der Waals surface area contributed by atoms with E-state index >= 15 is 0 Å². The van der Waals surface area contributed by atoms with Crippen LogP contribution < -0.4 is 10.1 Å². The Bertz CT molecular complexity index is 447. The molecule has 1 heterocycles. The fourth-order valence-electron chi connectivity index (χ4n) is 2.39. The predicted octanol–water partition coefficient (Wildman–Crippen LogP) is 2.70. The van der Waals surface area contributed by atoms with Gasteiger partial charge in [-0.05, 0) is 47.2 Å². The molecule has 2 rings (SSSR count). The Morgan fingerprint density at radius 3 is 2.85 bits per heavy atom. The second kappa shape index (κ2) is 7.06. The van der Waals surface area contributed by atoms with Crippen molar-refractivity contribution in [2.24, 2.45) is 0 Å². The van der Waals surface area contributed by atoms with Gasteiger partial charge in [-0.25, -0.2) is 0 Å². The van der Waals surface area contributed by atoms with Crippen LogP contribution in [0.15, 0.2) is 18.2 Å². The summed E-state index contributed by atoms with van der Waals surface area (Å²) in [6.07, 6.45) is 0.883. The van der Waals surface area contributed by atoms with Crippen molar-refractivity contribution in [3.05, 3.63) is 29.3 Å². The number of nitrogens with one attached hydrogen (secondary N) is 1. The van der Waals surface area contributed by atoms with E-state index in [4.69, 9.17) is 14.2 Å². The third-order valence-corrected chi connectivity index (χ3v) is 4.66. The zero-order chi connectivity index (χ0) is 14.6. The Balaban J connectivity index is 2.20. The van der Waals surface area contributed by atoms with Crippen LogP contribution in [-0.4, -0.2) is 37.5 Å². The van der Waals surface area contributed by atoms with E-state index in [1.807, 2.05) is 13.0 Å². The highest BCUT2D eigenvalue weighted by Gasteiger charge is 2.30. The molecule has 112 valence electrons. The second-order valence-electron chi connectivity index (χ2n) is 5.04. The van der Waals surface area contributed by atoms with Gasteiger partial charge in [0.25, 0.3) is 0 Å². The van der Waals surface area contributed by atoms with Crippen molar-refractivity contribution < 1.29 is 14.2 Å². The molecular weight excluding hydrogens is 369 g/mol. The number of hydrogen-bond acceptors (Lipinski definition) is 4. The molecule has 0 spiro atoms. The number of morpholine rings is 1. The summed E-state index contributed by atoms with van der Waals surface area (Å²) in [5.41, 5.74) is 2.32. The summed E-state index contributed by atoms with van der Waals surface area (Å²) in [4.78, 5) is 0. The van der Waals surface area contributed by atoms with Crippen molar-refractivity contribution in [1.29, 1.82) is 0 Å². The minimum absolute atomic E-state index is 0.0143. The minimum atomic E-state index is -0.168. The first-order valence-electron chi connectivity index (χ1n) is 6.81. The fourth-order valence-corrected chi connectivity index (χ4v) is 3.32. The molecule has 5 heteroatoms. The van der Waals surface area contributed by atoms with Crippen molar-refractivity contribution in [3.8, 4) is 5.75 Å². The molecule has 0 radical (unpaired) electrons. The van der Waals surface area contributed by atoms with Crippen LogP contribution in [0.5, 0.6) is 5.75 Å². The predicted molar refractivity (Wildman–Crippen MR) is 87.7 cm³/mol.